The van der Waals surface area contributed by atoms with Crippen molar-refractivity contribution in [3.05, 3.63) is 53.0 Å². The smallest absolute Gasteiger partial charge is 0.374 e. The Kier molecular flexibility index (Phi) is 5.01. The fraction of sp³-hybridized carbons (Fsp3) is 0.263. The molecule has 0 bridgehead atoms. The van der Waals surface area contributed by atoms with E-state index in [1.165, 1.54) is 16.4 Å². The highest BCUT2D eigenvalue weighted by atomic mass is 32.2. The number of nitrogens with zero attached hydrogens (tertiary/aromatic N) is 5. The minimum atomic E-state index is -0.489. The Hall–Kier alpha value is -3.27. The normalized spacial score (nSPS) is 11.3. The second kappa shape index (κ2) is 7.63. The molecule has 0 saturated heterocycles. The van der Waals surface area contributed by atoms with Gasteiger partial charge >= 0.3 is 5.97 Å². The molecule has 0 aliphatic heterocycles. The monoisotopic (exact) mass is 412 g/mol. The SMILES string of the molecule is CCOC(=O)c1oc2ccccc2c1CSc1nnc(-n2nc(C)cc2C)n1N. The topological polar surface area (TPSA) is 114 Å². The highest BCUT2D eigenvalue weighted by molar-refractivity contribution is 7.98. The molecular weight excluding hydrogens is 392 g/mol. The van der Waals surface area contributed by atoms with Gasteiger partial charge < -0.3 is 15.0 Å². The van der Waals surface area contributed by atoms with Gasteiger partial charge in [0.25, 0.3) is 5.95 Å². The summed E-state index contributed by atoms with van der Waals surface area (Å²) in [5.74, 6) is 6.75. The minimum Gasteiger partial charge on any atom is -0.460 e. The second-order valence-electron chi connectivity index (χ2n) is 6.41. The molecule has 10 heteroatoms. The molecule has 0 spiro atoms. The molecule has 0 atom stereocenters. The molecule has 29 heavy (non-hydrogen) atoms. The van der Waals surface area contributed by atoms with Crippen LogP contribution in [-0.2, 0) is 10.5 Å². The number of furan rings is 1. The van der Waals surface area contributed by atoms with E-state index in [0.717, 1.165) is 22.3 Å². The summed E-state index contributed by atoms with van der Waals surface area (Å²) in [5, 5.41) is 14.1. The van der Waals surface area contributed by atoms with Gasteiger partial charge in [-0.1, -0.05) is 30.0 Å². The van der Waals surface area contributed by atoms with Crippen molar-refractivity contribution >= 4 is 28.7 Å². The van der Waals surface area contributed by atoms with Crippen molar-refractivity contribution in [2.75, 3.05) is 12.4 Å². The van der Waals surface area contributed by atoms with Crippen LogP contribution in [-0.4, -0.2) is 37.2 Å². The van der Waals surface area contributed by atoms with E-state index < -0.39 is 5.97 Å². The van der Waals surface area contributed by atoms with Gasteiger partial charge in [-0.15, -0.1) is 10.2 Å². The van der Waals surface area contributed by atoms with E-state index in [9.17, 15) is 4.79 Å². The van der Waals surface area contributed by atoms with Gasteiger partial charge in [-0.3, -0.25) is 0 Å². The Morgan fingerprint density at radius 1 is 1.28 bits per heavy atom. The van der Waals surface area contributed by atoms with Crippen LogP contribution in [0.4, 0.5) is 0 Å². The molecule has 2 N–H and O–H groups in total. The summed E-state index contributed by atoms with van der Waals surface area (Å²) >= 11 is 1.35. The van der Waals surface area contributed by atoms with E-state index in [4.69, 9.17) is 15.0 Å². The first-order chi connectivity index (χ1) is 14.0. The zero-order valence-corrected chi connectivity index (χ0v) is 17.1. The highest BCUT2D eigenvalue weighted by Gasteiger charge is 2.23. The number of carbonyl (C=O) groups is 1. The lowest BCUT2D eigenvalue weighted by atomic mass is 10.1. The number of hydrogen-bond donors (Lipinski definition) is 1. The van der Waals surface area contributed by atoms with Crippen molar-refractivity contribution in [1.82, 2.24) is 24.7 Å². The van der Waals surface area contributed by atoms with Crippen LogP contribution in [0.3, 0.4) is 0 Å². The van der Waals surface area contributed by atoms with Crippen LogP contribution in [0, 0.1) is 13.8 Å². The number of fused-ring (bicyclic) bond motifs is 1. The first kappa shape index (κ1) is 19.1. The van der Waals surface area contributed by atoms with E-state index in [-0.39, 0.29) is 12.4 Å². The third kappa shape index (κ3) is 3.46. The predicted molar refractivity (Wildman–Crippen MR) is 108 cm³/mol. The molecule has 9 nitrogen and oxygen atoms in total. The largest absolute Gasteiger partial charge is 0.460 e. The summed E-state index contributed by atoms with van der Waals surface area (Å²) in [6.07, 6.45) is 0. The van der Waals surface area contributed by atoms with Crippen molar-refractivity contribution in [2.24, 2.45) is 0 Å². The zero-order chi connectivity index (χ0) is 20.5. The number of nitrogens with two attached hydrogens (primary N) is 1. The number of benzene rings is 1. The summed E-state index contributed by atoms with van der Waals surface area (Å²) in [5.41, 5.74) is 3.13. The Morgan fingerprint density at radius 2 is 2.07 bits per heavy atom. The minimum absolute atomic E-state index is 0.197. The van der Waals surface area contributed by atoms with Crippen LogP contribution in [0.5, 0.6) is 0 Å². The standard InChI is InChI=1S/C19H20N6O3S/c1-4-27-17(26)16-14(13-7-5-6-8-15(13)28-16)10-29-19-22-21-18(24(19)20)25-12(3)9-11(2)23-25/h5-9H,4,10,20H2,1-3H3. The number of rotatable bonds is 6. The highest BCUT2D eigenvalue weighted by Crippen LogP contribution is 2.32. The molecule has 0 unspecified atom stereocenters. The predicted octanol–water partition coefficient (Wildman–Crippen LogP) is 3.01. The third-order valence-corrected chi connectivity index (χ3v) is 5.32. The second-order valence-corrected chi connectivity index (χ2v) is 7.35. The molecule has 3 heterocycles. The lowest BCUT2D eigenvalue weighted by Crippen LogP contribution is -2.17. The molecule has 0 saturated carbocycles. The number of ether oxygens (including phenoxy) is 1. The van der Waals surface area contributed by atoms with Crippen LogP contribution in [0.15, 0.2) is 39.9 Å². The van der Waals surface area contributed by atoms with Gasteiger partial charge in [-0.2, -0.15) is 5.10 Å². The van der Waals surface area contributed by atoms with Gasteiger partial charge in [0, 0.05) is 22.4 Å². The van der Waals surface area contributed by atoms with E-state index in [1.807, 2.05) is 44.2 Å². The van der Waals surface area contributed by atoms with Crippen molar-refractivity contribution in [2.45, 2.75) is 31.7 Å². The molecule has 3 aromatic heterocycles. The Bertz CT molecular complexity index is 1190. The maximum atomic E-state index is 12.3. The first-order valence-corrected chi connectivity index (χ1v) is 10.0. The van der Waals surface area contributed by atoms with Crippen molar-refractivity contribution in [1.29, 1.82) is 0 Å². The number of aromatic nitrogens is 5. The van der Waals surface area contributed by atoms with Gasteiger partial charge in [-0.25, -0.2) is 14.2 Å². The Balaban J connectivity index is 1.65. The van der Waals surface area contributed by atoms with Crippen molar-refractivity contribution < 1.29 is 13.9 Å². The molecule has 0 radical (unpaired) electrons. The van der Waals surface area contributed by atoms with Gasteiger partial charge in [0.15, 0.2) is 0 Å². The third-order valence-electron chi connectivity index (χ3n) is 4.35. The van der Waals surface area contributed by atoms with Crippen molar-refractivity contribution in [3.8, 4) is 5.95 Å². The van der Waals surface area contributed by atoms with E-state index in [0.29, 0.717) is 22.4 Å². The number of thioether (sulfide) groups is 1. The summed E-state index contributed by atoms with van der Waals surface area (Å²) in [4.78, 5) is 12.3. The van der Waals surface area contributed by atoms with Crippen LogP contribution in [0.25, 0.3) is 16.9 Å². The molecule has 150 valence electrons. The van der Waals surface area contributed by atoms with E-state index in [1.54, 1.807) is 11.6 Å². The quantitative estimate of drug-likeness (QED) is 0.292. The Morgan fingerprint density at radius 3 is 2.79 bits per heavy atom. The molecule has 0 fully saturated rings. The van der Waals surface area contributed by atoms with Crippen LogP contribution in [0.1, 0.15) is 34.4 Å². The van der Waals surface area contributed by atoms with Crippen LogP contribution < -0.4 is 5.84 Å². The molecule has 4 aromatic rings. The summed E-state index contributed by atoms with van der Waals surface area (Å²) in [7, 11) is 0. The van der Waals surface area contributed by atoms with Crippen LogP contribution >= 0.6 is 11.8 Å². The molecule has 0 aliphatic rings. The number of esters is 1. The lowest BCUT2D eigenvalue weighted by Gasteiger charge is -2.05. The number of carbonyl (C=O) groups excluding carboxylic acids is 1. The lowest BCUT2D eigenvalue weighted by molar-refractivity contribution is 0.0491. The summed E-state index contributed by atoms with van der Waals surface area (Å²) in [6.45, 7) is 5.85. The molecule has 0 amide bonds. The molecule has 4 rings (SSSR count). The van der Waals surface area contributed by atoms with E-state index >= 15 is 0 Å². The molecule has 1 aromatic carbocycles. The number of aryl methyl sites for hydroxylation is 2. The van der Waals surface area contributed by atoms with Gasteiger partial charge in [0.05, 0.1) is 12.3 Å². The fourth-order valence-corrected chi connectivity index (χ4v) is 3.96. The number of hydrogen-bond acceptors (Lipinski definition) is 8. The number of para-hydroxylation sites is 1. The fourth-order valence-electron chi connectivity index (χ4n) is 3.08. The number of nitrogen functional groups attached to an aromatic ring is 1. The zero-order valence-electron chi connectivity index (χ0n) is 16.2. The van der Waals surface area contributed by atoms with Gasteiger partial charge in [0.2, 0.25) is 10.9 Å². The average molecular weight is 412 g/mol. The average Bonchev–Trinajstić information content (AvgIpc) is 3.35. The maximum Gasteiger partial charge on any atom is 0.374 e. The van der Waals surface area contributed by atoms with Gasteiger partial charge in [-0.05, 0) is 32.9 Å². The van der Waals surface area contributed by atoms with Crippen molar-refractivity contribution in [3.63, 3.8) is 0 Å². The van der Waals surface area contributed by atoms with Crippen LogP contribution in [0.2, 0.25) is 0 Å². The maximum absolute atomic E-state index is 12.3. The van der Waals surface area contributed by atoms with Gasteiger partial charge in [0.1, 0.15) is 5.58 Å². The first-order valence-electron chi connectivity index (χ1n) is 9.04. The summed E-state index contributed by atoms with van der Waals surface area (Å²) in [6, 6.07) is 9.41. The summed E-state index contributed by atoms with van der Waals surface area (Å²) < 4.78 is 13.9. The Labute approximate surface area is 170 Å². The van der Waals surface area contributed by atoms with E-state index in [2.05, 4.69) is 15.3 Å². The molecule has 0 aliphatic carbocycles. The molecular formula is C19H20N6O3S.